The molecule has 13 nitrogen and oxygen atoms in total. The van der Waals surface area contributed by atoms with Crippen molar-refractivity contribution in [2.75, 3.05) is 13.1 Å². The van der Waals surface area contributed by atoms with Crippen molar-refractivity contribution in [1.82, 2.24) is 28.8 Å². The van der Waals surface area contributed by atoms with Crippen LogP contribution in [0.3, 0.4) is 0 Å². The monoisotopic (exact) mass is 1280 g/mol. The topological polar surface area (TPSA) is 172 Å². The van der Waals surface area contributed by atoms with Crippen molar-refractivity contribution in [2.45, 2.75) is 86.6 Å². The third-order valence-corrected chi connectivity index (χ3v) is 29.5. The molecule has 6 aromatic carbocycles. The summed E-state index contributed by atoms with van der Waals surface area (Å²) in [5.41, 5.74) is 3.94. The lowest BCUT2D eigenvalue weighted by molar-refractivity contribution is -0.137. The first-order chi connectivity index (χ1) is 38.7. The molecule has 2 aliphatic heterocycles. The van der Waals surface area contributed by atoms with Crippen molar-refractivity contribution < 1.29 is 31.5 Å². The van der Waals surface area contributed by atoms with Crippen molar-refractivity contribution in [3.63, 3.8) is 0 Å². The van der Waals surface area contributed by atoms with Gasteiger partial charge in [0, 0.05) is 147 Å². The molecule has 0 bridgehead atoms. The number of carbonyl (C=O) groups excluding carboxylic acids is 1. The summed E-state index contributed by atoms with van der Waals surface area (Å²) in [5, 5.41) is 16.2. The molecule has 0 fully saturated rings. The highest BCUT2D eigenvalue weighted by Crippen LogP contribution is 2.32. The van der Waals surface area contributed by atoms with Crippen LogP contribution in [0.2, 0.25) is 0 Å². The van der Waals surface area contributed by atoms with E-state index >= 15 is 0 Å². The third-order valence-electron chi connectivity index (χ3n) is 13.2. The summed E-state index contributed by atoms with van der Waals surface area (Å²) in [6.45, 7) is 7.88. The lowest BCUT2D eigenvalue weighted by Crippen LogP contribution is -2.43. The molecule has 0 radical (unpaired) electrons. The van der Waals surface area contributed by atoms with Crippen molar-refractivity contribution in [2.24, 2.45) is 0 Å². The van der Waals surface area contributed by atoms with E-state index in [4.69, 9.17) is 5.11 Å². The van der Waals surface area contributed by atoms with E-state index < -0.39 is 38.1 Å². The second-order valence-corrected chi connectivity index (χ2v) is 34.0. The molecule has 4 atom stereocenters. The van der Waals surface area contributed by atoms with Gasteiger partial charge in [0.15, 0.2) is 0 Å². The lowest BCUT2D eigenvalue weighted by Gasteiger charge is -2.37. The fourth-order valence-electron chi connectivity index (χ4n) is 9.49. The summed E-state index contributed by atoms with van der Waals surface area (Å²) in [6, 6.07) is 50.5. The van der Waals surface area contributed by atoms with Crippen LogP contribution < -0.4 is 14.8 Å². The summed E-state index contributed by atoms with van der Waals surface area (Å²) in [5.74, 6) is -1.13. The molecule has 2 unspecified atom stereocenters. The highest BCUT2D eigenvalue weighted by atomic mass is 33.4. The summed E-state index contributed by atoms with van der Waals surface area (Å²) >= 11 is 9.27. The molecule has 80 heavy (non-hydrogen) atoms. The molecule has 10 rings (SSSR count). The number of rotatable bonds is 14. The summed E-state index contributed by atoms with van der Waals surface area (Å²) < 4.78 is 62.2. The number of aromatic nitrogens is 2. The van der Waals surface area contributed by atoms with Gasteiger partial charge >= 0.3 is 5.97 Å². The number of sulfonamides is 2. The Labute approximate surface area is 498 Å². The Kier molecular flexibility index (Phi) is 24.7. The van der Waals surface area contributed by atoms with Gasteiger partial charge in [-0.05, 0) is 94.0 Å². The Morgan fingerprint density at radius 3 is 1.51 bits per heavy atom. The maximum absolute atomic E-state index is 13.6. The molecule has 8 aromatic rings. The van der Waals surface area contributed by atoms with Crippen LogP contribution in [0.5, 0.6) is 0 Å². The number of carboxylic acids is 1. The molecular weight excluding hydrogens is 1220 g/mol. The highest BCUT2D eigenvalue weighted by Gasteiger charge is 2.33. The van der Waals surface area contributed by atoms with Gasteiger partial charge in [-0.1, -0.05) is 135 Å². The van der Waals surface area contributed by atoms with Gasteiger partial charge in [0.2, 0.25) is 26.0 Å². The van der Waals surface area contributed by atoms with Crippen LogP contribution in [0.1, 0.15) is 86.2 Å². The van der Waals surface area contributed by atoms with E-state index in [1.54, 1.807) is 105 Å². The number of nitrogens with zero attached hydrogens (tertiary/aromatic N) is 3. The standard InChI is InChI=1S/C28H29N3O3S.C19H17NO4S.C9H14N2.S9/c1-2-26-27-13-8-16-30(27)17-18-31(26)28(32)20-25(22-10-4-3-5-11-22)29-35(33,34)24-15-14-21-9-6-7-12-23(21)19-24;21-19(22)13-18(15-7-2-1-3-8-15)20-25(23,24)17-11-10-14-6-4-5-9-16(14)12-17;1-2-8-9-4-3-6-11(9)7-5-10-8;1-3-5-7-9-8-6-4-2/h3-16,19,25-26,29H,2,17-18,20H2,1H3;1-12,18,20H,13H2,(H,21,22);3-4,6,8,10H,2,5,7H2,1H3;/t25-,26?;18-;;/m11../s1. The maximum Gasteiger partial charge on any atom is 0.305 e. The average molecular weight is 1280 g/mol. The first-order valence-electron chi connectivity index (χ1n) is 25.3. The number of carbonyl (C=O) groups is 2. The summed E-state index contributed by atoms with van der Waals surface area (Å²) in [7, 11) is 3.18. The van der Waals surface area contributed by atoms with E-state index in [0.29, 0.717) is 18.2 Å². The fraction of sp³-hybridized carbons (Fsp3) is 0.250. The number of carboxylic acid groups (broad SMARTS) is 1. The molecule has 0 saturated heterocycles. The van der Waals surface area contributed by atoms with Gasteiger partial charge in [0.25, 0.3) is 0 Å². The molecule has 0 spiro atoms. The number of fused-ring (bicyclic) bond motifs is 4. The molecular formula is C56H60N6O7S11. The van der Waals surface area contributed by atoms with Gasteiger partial charge in [0.05, 0.1) is 34.3 Å². The van der Waals surface area contributed by atoms with Gasteiger partial charge in [-0.3, -0.25) is 9.59 Å². The number of benzene rings is 6. The van der Waals surface area contributed by atoms with Crippen molar-refractivity contribution in [3.8, 4) is 0 Å². The Morgan fingerprint density at radius 1 is 0.562 bits per heavy atom. The van der Waals surface area contributed by atoms with E-state index in [9.17, 15) is 26.4 Å². The van der Waals surface area contributed by atoms with E-state index in [2.05, 4.69) is 84.5 Å². The zero-order valence-corrected chi connectivity index (χ0v) is 52.5. The Morgan fingerprint density at radius 2 is 1.02 bits per heavy atom. The summed E-state index contributed by atoms with van der Waals surface area (Å²) in [6.07, 6.45) is 5.91. The zero-order chi connectivity index (χ0) is 56.9. The molecule has 4 N–H and O–H groups in total. The van der Waals surface area contributed by atoms with Crippen molar-refractivity contribution >= 4 is 138 Å². The van der Waals surface area contributed by atoms with Crippen LogP contribution in [0, 0.1) is 0 Å². The minimum atomic E-state index is -3.86. The largest absolute Gasteiger partial charge is 0.481 e. The number of amides is 1. The van der Waals surface area contributed by atoms with Crippen molar-refractivity contribution in [3.05, 3.63) is 205 Å². The second-order valence-electron chi connectivity index (χ2n) is 18.1. The van der Waals surface area contributed by atoms with E-state index in [1.165, 1.54) is 35.9 Å². The SMILES string of the molecule is CCC1NCCn2cccc21.CCC1c2cccn2CCN1C(=O)C[C@@H](NS(=O)(=O)c1ccc2ccccc2c1)c1ccccc1.O=C(O)C[C@@H](NS(=O)(=O)c1ccc2ccccc2c1)c1ccccc1.S=S=S=S=S=S=S=S=S. The fourth-order valence-corrected chi connectivity index (χ4v) is 25.7. The highest BCUT2D eigenvalue weighted by molar-refractivity contribution is 8.72. The molecule has 422 valence electrons. The molecule has 2 aliphatic rings. The maximum atomic E-state index is 13.6. The zero-order valence-electron chi connectivity index (χ0n) is 43.5. The second kappa shape index (κ2) is 31.5. The minimum absolute atomic E-state index is 0.0141. The number of hydrogen-bond donors (Lipinski definition) is 4. The van der Waals surface area contributed by atoms with Gasteiger partial charge in [-0.15, -0.1) is 0 Å². The van der Waals surface area contributed by atoms with E-state index in [-0.39, 0.29) is 34.6 Å². The molecule has 0 saturated carbocycles. The van der Waals surface area contributed by atoms with Crippen LogP contribution in [0.4, 0.5) is 0 Å². The Hall–Kier alpha value is -4.90. The normalized spacial score (nSPS) is 15.2. The minimum Gasteiger partial charge on any atom is -0.481 e. The van der Waals surface area contributed by atoms with E-state index in [0.717, 1.165) is 58.9 Å². The summed E-state index contributed by atoms with van der Waals surface area (Å²) in [4.78, 5) is 26.9. The first-order valence-corrected chi connectivity index (χ1v) is 39.0. The average Bonchev–Trinajstić information content (AvgIpc) is 4.21. The van der Waals surface area contributed by atoms with Crippen LogP contribution in [0.15, 0.2) is 192 Å². The Balaban J connectivity index is 0.000000177. The molecule has 0 aliphatic carbocycles. The first kappa shape index (κ1) is 62.7. The molecule has 1 amide bonds. The molecule has 4 heterocycles. The van der Waals surface area contributed by atoms with Crippen LogP contribution in [-0.4, -0.2) is 60.9 Å². The van der Waals surface area contributed by atoms with Crippen molar-refractivity contribution in [1.29, 1.82) is 0 Å². The lowest BCUT2D eigenvalue weighted by atomic mass is 10.0. The van der Waals surface area contributed by atoms with Crippen LogP contribution in [0.25, 0.3) is 21.5 Å². The smallest absolute Gasteiger partial charge is 0.305 e. The predicted octanol–water partition coefficient (Wildman–Crippen LogP) is 9.90. The molecule has 2 aromatic heterocycles. The van der Waals surface area contributed by atoms with E-state index in [1.807, 2.05) is 96.0 Å². The number of aliphatic carboxylic acids is 1. The van der Waals surface area contributed by atoms with Gasteiger partial charge in [-0.2, -0.15) is 0 Å². The Bertz CT molecular complexity index is 3920. The van der Waals surface area contributed by atoms with Gasteiger partial charge in [-0.25, -0.2) is 26.3 Å². The van der Waals surface area contributed by atoms with Crippen LogP contribution >= 0.6 is 0 Å². The molecule has 24 heteroatoms. The van der Waals surface area contributed by atoms with Gasteiger partial charge < -0.3 is 24.5 Å². The number of hydrogen-bond acceptors (Lipinski definition) is 9. The number of nitrogens with one attached hydrogen (secondary N) is 3. The predicted molar refractivity (Wildman–Crippen MR) is 345 cm³/mol. The van der Waals surface area contributed by atoms with Crippen LogP contribution in [-0.2, 0) is 127 Å². The van der Waals surface area contributed by atoms with Gasteiger partial charge in [0.1, 0.15) is 0 Å². The third kappa shape index (κ3) is 17.8. The quantitative estimate of drug-likeness (QED) is 0.0822.